The third-order valence-electron chi connectivity index (χ3n) is 8.63. The molecule has 0 bridgehead atoms. The van der Waals surface area contributed by atoms with Crippen molar-refractivity contribution in [2.24, 2.45) is 11.1 Å². The Morgan fingerprint density at radius 3 is 2.27 bits per heavy atom. The van der Waals surface area contributed by atoms with E-state index in [2.05, 4.69) is 21.1 Å². The highest BCUT2D eigenvalue weighted by molar-refractivity contribution is 6.00. The highest BCUT2D eigenvalue weighted by atomic mass is 16.7. The van der Waals surface area contributed by atoms with E-state index in [1.165, 1.54) is 48.5 Å². The number of nitroso groups, excluding NO2 is 1. The van der Waals surface area contributed by atoms with Crippen molar-refractivity contribution in [1.29, 1.82) is 0 Å². The number of nitrogens with zero attached hydrogens (tertiary/aromatic N) is 2. The summed E-state index contributed by atoms with van der Waals surface area (Å²) in [5, 5.41) is 29.3. The summed E-state index contributed by atoms with van der Waals surface area (Å²) in [7, 11) is 0. The number of carbonyl (C=O) groups excluding carboxylic acids is 5. The number of hydrogen-bond acceptors (Lipinski definition) is 12. The molecule has 3 unspecified atom stereocenters. The Balaban J connectivity index is 1.70. The Morgan fingerprint density at radius 2 is 1.66 bits per heavy atom. The van der Waals surface area contributed by atoms with Crippen LogP contribution in [0.1, 0.15) is 96.1 Å². The van der Waals surface area contributed by atoms with Gasteiger partial charge in [-0.1, -0.05) is 39.2 Å². The van der Waals surface area contributed by atoms with Gasteiger partial charge in [0.25, 0.3) is 11.8 Å². The molecule has 1 heterocycles. The Hall–Kier alpha value is -6.59. The molecule has 3 atom stereocenters. The second-order valence-electron chi connectivity index (χ2n) is 12.5. The molecule has 1 aromatic heterocycles. The molecular formula is C38H45N5O13. The van der Waals surface area contributed by atoms with Crippen LogP contribution in [0.4, 0.5) is 5.69 Å². The van der Waals surface area contributed by atoms with Crippen LogP contribution in [0.2, 0.25) is 0 Å². The Kier molecular flexibility index (Phi) is 16.7. The Morgan fingerprint density at radius 1 is 0.929 bits per heavy atom. The van der Waals surface area contributed by atoms with Gasteiger partial charge in [0.15, 0.2) is 5.76 Å². The summed E-state index contributed by atoms with van der Waals surface area (Å²) >= 11 is 0. The van der Waals surface area contributed by atoms with Gasteiger partial charge in [-0.05, 0) is 79.9 Å². The van der Waals surface area contributed by atoms with E-state index in [0.29, 0.717) is 30.4 Å². The molecule has 300 valence electrons. The number of carbonyl (C=O) groups is 7. The maximum atomic E-state index is 13.5. The molecule has 3 rings (SSSR count). The molecule has 4 amide bonds. The normalized spacial score (nSPS) is 12.3. The number of furan rings is 1. The van der Waals surface area contributed by atoms with E-state index in [9.17, 15) is 43.6 Å². The molecule has 0 fully saturated rings. The number of carboxylic acids is 2. The number of amides is 4. The van der Waals surface area contributed by atoms with Crippen molar-refractivity contribution in [3.63, 3.8) is 0 Å². The number of unbranched alkanes of at least 4 members (excludes halogenated alkanes) is 2. The molecule has 0 radical (unpaired) electrons. The fourth-order valence-corrected chi connectivity index (χ4v) is 5.79. The van der Waals surface area contributed by atoms with Crippen molar-refractivity contribution in [2.75, 3.05) is 13.3 Å². The maximum Gasteiger partial charge on any atom is 0.363 e. The number of hydrogen-bond donors (Lipinski definition) is 5. The summed E-state index contributed by atoms with van der Waals surface area (Å²) in [6.07, 6.45) is 2.38. The third kappa shape index (κ3) is 12.0. The number of aryl methyl sites for hydroxylation is 1. The van der Waals surface area contributed by atoms with Crippen molar-refractivity contribution in [2.45, 2.75) is 78.3 Å². The predicted molar refractivity (Wildman–Crippen MR) is 199 cm³/mol. The van der Waals surface area contributed by atoms with Crippen molar-refractivity contribution in [3.8, 4) is 17.1 Å². The number of hydroxylamine groups is 2. The minimum atomic E-state index is -1.68. The number of benzene rings is 2. The summed E-state index contributed by atoms with van der Waals surface area (Å²) < 4.78 is 11.3. The lowest BCUT2D eigenvalue weighted by atomic mass is 9.90. The van der Waals surface area contributed by atoms with Crippen LogP contribution in [0.15, 0.2) is 58.1 Å². The van der Waals surface area contributed by atoms with Crippen LogP contribution in [0, 0.1) is 17.7 Å². The van der Waals surface area contributed by atoms with E-state index in [1.54, 1.807) is 20.8 Å². The zero-order valence-corrected chi connectivity index (χ0v) is 31.4. The lowest BCUT2D eigenvalue weighted by Gasteiger charge is -2.32. The van der Waals surface area contributed by atoms with Crippen LogP contribution < -0.4 is 20.7 Å². The van der Waals surface area contributed by atoms with Gasteiger partial charge in [0.2, 0.25) is 12.3 Å². The number of rotatable bonds is 23. The standard InChI is InChI=1S/C38H45N5O13/c1-5-8-9-10-26(29(6-2)43(21-44)56-38(52)25-14-12-24(42-53)17-22(25)4)34(47)39-20-40-36(49)31-16-15-30(55-31)23-11-13-27(32(18-23)54-7-3)35(48)41-28(37(50)51)19-33(45)46/h11-18,21,26,28-29H,5-10,19-20H2,1-4H3,(H,39,47)(H,40,49)(H,41,48)(H,45,46)(H,50,51). The first-order chi connectivity index (χ1) is 26.8. The van der Waals surface area contributed by atoms with Gasteiger partial charge in [-0.2, -0.15) is 5.06 Å². The minimum absolute atomic E-state index is 0.0507. The van der Waals surface area contributed by atoms with Crippen molar-refractivity contribution in [3.05, 3.63) is 75.9 Å². The molecule has 5 N–H and O–H groups in total. The van der Waals surface area contributed by atoms with Gasteiger partial charge >= 0.3 is 17.9 Å². The van der Waals surface area contributed by atoms with Gasteiger partial charge < -0.3 is 40.2 Å². The Labute approximate surface area is 321 Å². The number of nitrogens with one attached hydrogen (secondary N) is 3. The van der Waals surface area contributed by atoms with Crippen molar-refractivity contribution >= 4 is 47.7 Å². The second kappa shape index (κ2) is 21.3. The summed E-state index contributed by atoms with van der Waals surface area (Å²) in [4.78, 5) is 103. The van der Waals surface area contributed by atoms with Crippen LogP contribution in [0.3, 0.4) is 0 Å². The average molecular weight is 780 g/mol. The van der Waals surface area contributed by atoms with Crippen LogP contribution in [0.5, 0.6) is 5.75 Å². The smallest absolute Gasteiger partial charge is 0.363 e. The zero-order chi connectivity index (χ0) is 41.4. The van der Waals surface area contributed by atoms with Crippen LogP contribution in [0.25, 0.3) is 11.3 Å². The van der Waals surface area contributed by atoms with E-state index in [4.69, 9.17) is 19.1 Å². The Bertz CT molecular complexity index is 1910. The fraction of sp³-hybridized carbons (Fsp3) is 0.395. The van der Waals surface area contributed by atoms with E-state index >= 15 is 0 Å². The van der Waals surface area contributed by atoms with Gasteiger partial charge in [-0.15, -0.1) is 4.91 Å². The fourth-order valence-electron chi connectivity index (χ4n) is 5.79. The topological polar surface area (TPSA) is 260 Å². The monoisotopic (exact) mass is 779 g/mol. The first-order valence-corrected chi connectivity index (χ1v) is 17.9. The molecule has 18 nitrogen and oxygen atoms in total. The van der Waals surface area contributed by atoms with Gasteiger partial charge in [0.1, 0.15) is 23.2 Å². The first kappa shape index (κ1) is 43.8. The molecule has 0 aliphatic heterocycles. The zero-order valence-electron chi connectivity index (χ0n) is 31.4. The molecule has 0 spiro atoms. The summed E-state index contributed by atoms with van der Waals surface area (Å²) in [6.45, 7) is 6.78. The van der Waals surface area contributed by atoms with Gasteiger partial charge in [-0.3, -0.25) is 24.0 Å². The van der Waals surface area contributed by atoms with Crippen LogP contribution in [-0.4, -0.2) is 82.7 Å². The summed E-state index contributed by atoms with van der Waals surface area (Å²) in [5.74, 6) is -6.53. The van der Waals surface area contributed by atoms with Crippen LogP contribution >= 0.6 is 0 Å². The van der Waals surface area contributed by atoms with Gasteiger partial charge in [0.05, 0.1) is 42.8 Å². The third-order valence-corrected chi connectivity index (χ3v) is 8.63. The molecule has 18 heteroatoms. The second-order valence-corrected chi connectivity index (χ2v) is 12.5. The number of ether oxygens (including phenoxy) is 1. The highest BCUT2D eigenvalue weighted by Gasteiger charge is 2.34. The largest absolute Gasteiger partial charge is 0.493 e. The first-order valence-electron chi connectivity index (χ1n) is 17.9. The molecule has 0 aliphatic rings. The molecular weight excluding hydrogens is 734 g/mol. The van der Waals surface area contributed by atoms with Crippen molar-refractivity contribution < 1.29 is 57.8 Å². The minimum Gasteiger partial charge on any atom is -0.493 e. The summed E-state index contributed by atoms with van der Waals surface area (Å²) in [6, 6.07) is 8.70. The number of aliphatic carboxylic acids is 2. The highest BCUT2D eigenvalue weighted by Crippen LogP contribution is 2.30. The van der Waals surface area contributed by atoms with Crippen LogP contribution in [-0.2, 0) is 24.0 Å². The van der Waals surface area contributed by atoms with Gasteiger partial charge in [-0.25, -0.2) is 9.59 Å². The van der Waals surface area contributed by atoms with E-state index in [-0.39, 0.29) is 53.8 Å². The SMILES string of the molecule is CCCCCC(C(=O)NCNC(=O)c1ccc(-c2ccc(C(=O)NC(CC(=O)O)C(=O)O)c(OCC)c2)o1)C(CC)N(C=O)OC(=O)c1ccc(N=O)cc1C. The quantitative estimate of drug-likeness (QED) is 0.0287. The van der Waals surface area contributed by atoms with Crippen molar-refractivity contribution in [1.82, 2.24) is 21.0 Å². The maximum absolute atomic E-state index is 13.5. The average Bonchev–Trinajstić information content (AvgIpc) is 3.67. The van der Waals surface area contributed by atoms with E-state index in [1.807, 2.05) is 6.92 Å². The van der Waals surface area contributed by atoms with E-state index in [0.717, 1.165) is 17.9 Å². The summed E-state index contributed by atoms with van der Waals surface area (Å²) in [5.41, 5.74) is 0.965. The molecule has 0 saturated heterocycles. The molecule has 56 heavy (non-hydrogen) atoms. The predicted octanol–water partition coefficient (Wildman–Crippen LogP) is 4.72. The van der Waals surface area contributed by atoms with E-state index < -0.39 is 60.1 Å². The molecule has 0 aliphatic carbocycles. The number of carboxylic acid groups (broad SMARTS) is 2. The molecule has 2 aromatic carbocycles. The lowest BCUT2D eigenvalue weighted by Crippen LogP contribution is -2.49. The molecule has 0 saturated carbocycles. The lowest BCUT2D eigenvalue weighted by molar-refractivity contribution is -0.171. The van der Waals surface area contributed by atoms with Gasteiger partial charge in [0, 0.05) is 5.56 Å². The molecule has 3 aromatic rings.